The van der Waals surface area contributed by atoms with E-state index in [0.29, 0.717) is 0 Å². The molecule has 0 radical (unpaired) electrons. The number of thioether (sulfide) groups is 1. The van der Waals surface area contributed by atoms with E-state index in [2.05, 4.69) is 0 Å². The van der Waals surface area contributed by atoms with Crippen molar-refractivity contribution in [1.29, 1.82) is 0 Å². The van der Waals surface area contributed by atoms with E-state index in [-0.39, 0.29) is 6.61 Å². The lowest BCUT2D eigenvalue weighted by molar-refractivity contribution is 0.279. The number of aliphatic hydroxyl groups excluding tert-OH is 1. The number of anilines is 1. The van der Waals surface area contributed by atoms with Gasteiger partial charge in [0.05, 0.1) is 16.3 Å². The number of hydrogen-bond acceptors (Lipinski definition) is 4. The summed E-state index contributed by atoms with van der Waals surface area (Å²) in [6.45, 7) is 0.0872. The Morgan fingerprint density at radius 2 is 2.29 bits per heavy atom. The van der Waals surface area contributed by atoms with Crippen LogP contribution in [0.1, 0.15) is 5.56 Å². The van der Waals surface area contributed by atoms with Crippen LogP contribution in [0.3, 0.4) is 0 Å². The summed E-state index contributed by atoms with van der Waals surface area (Å²) >= 11 is 3.24. The predicted molar refractivity (Wildman–Crippen MR) is 63.9 cm³/mol. The predicted octanol–water partition coefficient (Wildman–Crippen LogP) is 2.70. The van der Waals surface area contributed by atoms with Gasteiger partial charge in [-0.1, -0.05) is 12.1 Å². The molecule has 0 aliphatic rings. The van der Waals surface area contributed by atoms with Crippen LogP contribution >= 0.6 is 23.1 Å². The van der Waals surface area contributed by atoms with Gasteiger partial charge in [-0.25, -0.2) is 0 Å². The average molecular weight is 225 g/mol. The Kier molecular flexibility index (Phi) is 2.67. The molecule has 0 amide bonds. The molecule has 0 saturated heterocycles. The summed E-state index contributed by atoms with van der Waals surface area (Å²) in [5, 5.41) is 11.2. The molecule has 1 aromatic carbocycles. The minimum atomic E-state index is 0.0872. The Hall–Kier alpha value is -0.710. The Labute approximate surface area is 90.7 Å². The van der Waals surface area contributed by atoms with Gasteiger partial charge in [0, 0.05) is 4.90 Å². The third-order valence-electron chi connectivity index (χ3n) is 2.12. The molecular formula is C10H11NOS2. The molecule has 4 heteroatoms. The molecule has 2 rings (SSSR count). The lowest BCUT2D eigenvalue weighted by Gasteiger charge is -2.04. The van der Waals surface area contributed by atoms with Gasteiger partial charge in [0.1, 0.15) is 0 Å². The Bertz CT molecular complexity index is 464. The van der Waals surface area contributed by atoms with E-state index >= 15 is 0 Å². The summed E-state index contributed by atoms with van der Waals surface area (Å²) in [6.07, 6.45) is 2.02. The van der Waals surface area contributed by atoms with E-state index in [1.54, 1.807) is 23.1 Å². The summed E-state index contributed by atoms with van der Waals surface area (Å²) in [4.78, 5) is 1.15. The molecule has 1 aromatic heterocycles. The van der Waals surface area contributed by atoms with Gasteiger partial charge >= 0.3 is 0 Å². The van der Waals surface area contributed by atoms with Gasteiger partial charge in [-0.15, -0.1) is 23.1 Å². The quantitative estimate of drug-likeness (QED) is 0.772. The number of fused-ring (bicyclic) bond motifs is 1. The molecule has 0 fully saturated rings. The second-order valence-corrected chi connectivity index (χ2v) is 4.88. The van der Waals surface area contributed by atoms with Gasteiger partial charge in [0.25, 0.3) is 0 Å². The first-order valence-corrected chi connectivity index (χ1v) is 6.26. The summed E-state index contributed by atoms with van der Waals surface area (Å²) in [5.41, 5.74) is 6.73. The van der Waals surface area contributed by atoms with Crippen LogP contribution < -0.4 is 5.73 Å². The molecule has 0 saturated carbocycles. The van der Waals surface area contributed by atoms with Crippen molar-refractivity contribution >= 4 is 38.2 Å². The van der Waals surface area contributed by atoms with Crippen molar-refractivity contribution in [2.45, 2.75) is 11.5 Å². The fourth-order valence-corrected chi connectivity index (χ4v) is 3.45. The molecule has 1 heterocycles. The van der Waals surface area contributed by atoms with Crippen LogP contribution in [0.4, 0.5) is 5.00 Å². The average Bonchev–Trinajstić information content (AvgIpc) is 2.56. The number of thiophene rings is 1. The highest BCUT2D eigenvalue weighted by Crippen LogP contribution is 2.37. The van der Waals surface area contributed by atoms with Crippen LogP contribution in [-0.2, 0) is 6.61 Å². The molecule has 0 unspecified atom stereocenters. The highest BCUT2D eigenvalue weighted by Gasteiger charge is 2.08. The summed E-state index contributed by atoms with van der Waals surface area (Å²) in [5.74, 6) is 0. The van der Waals surface area contributed by atoms with Gasteiger partial charge in [-0.3, -0.25) is 0 Å². The molecule has 0 aliphatic heterocycles. The zero-order valence-corrected chi connectivity index (χ0v) is 9.41. The normalized spacial score (nSPS) is 11.0. The van der Waals surface area contributed by atoms with Crippen LogP contribution in [0.2, 0.25) is 0 Å². The van der Waals surface area contributed by atoms with E-state index in [9.17, 15) is 5.11 Å². The van der Waals surface area contributed by atoms with Crippen LogP contribution in [-0.4, -0.2) is 11.4 Å². The second-order valence-electron chi connectivity index (χ2n) is 2.98. The lowest BCUT2D eigenvalue weighted by Crippen LogP contribution is -1.86. The molecule has 74 valence electrons. The summed E-state index contributed by atoms with van der Waals surface area (Å²) < 4.78 is 1.18. The van der Waals surface area contributed by atoms with E-state index in [0.717, 1.165) is 20.8 Å². The third kappa shape index (κ3) is 1.49. The van der Waals surface area contributed by atoms with Gasteiger partial charge in [-0.05, 0) is 23.3 Å². The number of nitrogen functional groups attached to an aromatic ring is 1. The van der Waals surface area contributed by atoms with Crippen LogP contribution in [0.5, 0.6) is 0 Å². The monoisotopic (exact) mass is 225 g/mol. The number of benzene rings is 1. The fraction of sp³-hybridized carbons (Fsp3) is 0.200. The molecule has 14 heavy (non-hydrogen) atoms. The van der Waals surface area contributed by atoms with Crippen LogP contribution in [0.25, 0.3) is 10.1 Å². The minimum Gasteiger partial charge on any atom is -0.392 e. The topological polar surface area (TPSA) is 46.2 Å². The molecule has 0 spiro atoms. The van der Waals surface area contributed by atoms with Crippen LogP contribution in [0.15, 0.2) is 23.1 Å². The molecule has 3 N–H and O–H groups in total. The highest BCUT2D eigenvalue weighted by atomic mass is 32.2. The molecule has 0 atom stereocenters. The minimum absolute atomic E-state index is 0.0872. The Balaban J connectivity index is 2.75. The zero-order valence-electron chi connectivity index (χ0n) is 7.78. The Morgan fingerprint density at radius 1 is 1.50 bits per heavy atom. The van der Waals surface area contributed by atoms with Gasteiger partial charge < -0.3 is 10.8 Å². The Morgan fingerprint density at radius 3 is 2.93 bits per heavy atom. The van der Waals surface area contributed by atoms with Crippen molar-refractivity contribution in [1.82, 2.24) is 0 Å². The van der Waals surface area contributed by atoms with E-state index < -0.39 is 0 Å². The first kappa shape index (κ1) is 9.83. The summed E-state index contributed by atoms with van der Waals surface area (Å²) in [7, 11) is 0. The van der Waals surface area contributed by atoms with E-state index in [4.69, 9.17) is 5.73 Å². The lowest BCUT2D eigenvalue weighted by atomic mass is 10.2. The van der Waals surface area contributed by atoms with Crippen molar-refractivity contribution in [3.05, 3.63) is 23.8 Å². The molecule has 2 aromatic rings. The SMILES string of the molecule is CSc1c(CO)ccc2cc(N)sc12. The second kappa shape index (κ2) is 3.81. The maximum absolute atomic E-state index is 9.18. The largest absolute Gasteiger partial charge is 0.392 e. The molecular weight excluding hydrogens is 214 g/mol. The number of aliphatic hydroxyl groups is 1. The van der Waals surface area contributed by atoms with Crippen molar-refractivity contribution < 1.29 is 5.11 Å². The van der Waals surface area contributed by atoms with E-state index in [1.165, 1.54) is 4.70 Å². The highest BCUT2D eigenvalue weighted by molar-refractivity contribution is 7.99. The third-order valence-corrected chi connectivity index (χ3v) is 4.12. The van der Waals surface area contributed by atoms with E-state index in [1.807, 2.05) is 24.5 Å². The number of hydrogen-bond donors (Lipinski definition) is 2. The van der Waals surface area contributed by atoms with Crippen LogP contribution in [0, 0.1) is 0 Å². The fourth-order valence-electron chi connectivity index (χ4n) is 1.49. The standard InChI is InChI=1S/C10H11NOS2/c1-13-9-7(5-12)3-2-6-4-8(11)14-10(6)9/h2-4,12H,5,11H2,1H3. The number of rotatable bonds is 2. The number of nitrogens with two attached hydrogens (primary N) is 1. The molecule has 2 nitrogen and oxygen atoms in total. The van der Waals surface area contributed by atoms with Gasteiger partial charge in [-0.2, -0.15) is 0 Å². The molecule has 0 aliphatic carbocycles. The first-order chi connectivity index (χ1) is 6.76. The summed E-state index contributed by atoms with van der Waals surface area (Å²) in [6, 6.07) is 5.94. The zero-order chi connectivity index (χ0) is 10.1. The van der Waals surface area contributed by atoms with Crippen molar-refractivity contribution in [2.24, 2.45) is 0 Å². The van der Waals surface area contributed by atoms with Gasteiger partial charge in [0.2, 0.25) is 0 Å². The van der Waals surface area contributed by atoms with Crippen molar-refractivity contribution in [2.75, 3.05) is 12.0 Å². The smallest absolute Gasteiger partial charge is 0.0869 e. The van der Waals surface area contributed by atoms with Gasteiger partial charge in [0.15, 0.2) is 0 Å². The first-order valence-electron chi connectivity index (χ1n) is 4.22. The molecule has 0 bridgehead atoms. The maximum atomic E-state index is 9.18. The van der Waals surface area contributed by atoms with Crippen molar-refractivity contribution in [3.63, 3.8) is 0 Å². The van der Waals surface area contributed by atoms with Crippen molar-refractivity contribution in [3.8, 4) is 0 Å². The maximum Gasteiger partial charge on any atom is 0.0869 e.